The summed E-state index contributed by atoms with van der Waals surface area (Å²) in [6, 6.07) is 0. The van der Waals surface area contributed by atoms with E-state index in [9.17, 15) is 19.5 Å². The number of allylic oxidation sites excluding steroid dienone is 2. The fraction of sp³-hybridized carbons (Fsp3) is 0.690. The minimum Gasteiger partial charge on any atom is -0.458 e. The van der Waals surface area contributed by atoms with Crippen molar-refractivity contribution < 1.29 is 38.4 Å². The molecule has 0 amide bonds. The number of carbonyl (C=O) groups is 3. The predicted octanol–water partition coefficient (Wildman–Crippen LogP) is 4.62. The number of aliphatic hydroxyl groups excluding tert-OH is 1. The molecule has 1 saturated carbocycles. The van der Waals surface area contributed by atoms with Crippen LogP contribution in [0.15, 0.2) is 36.5 Å². The van der Waals surface area contributed by atoms with Gasteiger partial charge in [-0.25, -0.2) is 0 Å². The lowest BCUT2D eigenvalue weighted by Crippen LogP contribution is -2.63. The molecule has 1 spiro atoms. The molecule has 8 nitrogen and oxygen atoms in total. The maximum atomic E-state index is 12.8. The van der Waals surface area contributed by atoms with E-state index < -0.39 is 47.6 Å². The smallest absolute Gasteiger partial charge is 0.309 e. The summed E-state index contributed by atoms with van der Waals surface area (Å²) in [5, 5.41) is 11.7. The van der Waals surface area contributed by atoms with Crippen LogP contribution in [0.1, 0.15) is 73.6 Å². The molecule has 9 atom stereocenters. The first kappa shape index (κ1) is 29.1. The molecule has 0 bridgehead atoms. The lowest BCUT2D eigenvalue weighted by Gasteiger charge is -2.60. The molecular weight excluding hydrogens is 476 g/mol. The van der Waals surface area contributed by atoms with Crippen LogP contribution in [0, 0.1) is 28.6 Å². The topological polar surface area (TPSA) is 108 Å². The van der Waals surface area contributed by atoms with Gasteiger partial charge < -0.3 is 19.3 Å². The van der Waals surface area contributed by atoms with Crippen LogP contribution < -0.4 is 0 Å². The van der Waals surface area contributed by atoms with Gasteiger partial charge >= 0.3 is 17.9 Å². The molecule has 8 heteroatoms. The van der Waals surface area contributed by atoms with Gasteiger partial charge in [0.1, 0.15) is 6.10 Å². The SMILES string of the molecule is C=CC(=C)CC[C@]1(C)[C@H]2C[C@H](OC(=O)C(C)CC)C=C3[C@H](OC(C)=O)O[C@H](OC(C)=O)[C@]32[C@H](O)C[C@@H]1C. The van der Waals surface area contributed by atoms with Crippen molar-refractivity contribution in [1.82, 2.24) is 0 Å². The van der Waals surface area contributed by atoms with Gasteiger partial charge in [0.15, 0.2) is 0 Å². The number of esters is 3. The third kappa shape index (κ3) is 5.28. The second kappa shape index (κ2) is 11.1. The van der Waals surface area contributed by atoms with E-state index in [-0.39, 0.29) is 23.7 Å². The number of ether oxygens (including phenoxy) is 4. The monoisotopic (exact) mass is 518 g/mol. The molecule has 3 rings (SSSR count). The van der Waals surface area contributed by atoms with E-state index in [2.05, 4.69) is 27.0 Å². The molecule has 2 aliphatic carbocycles. The zero-order chi connectivity index (χ0) is 27.7. The molecule has 0 aromatic heterocycles. The van der Waals surface area contributed by atoms with Crippen molar-refractivity contribution >= 4 is 17.9 Å². The Labute approximate surface area is 220 Å². The average molecular weight is 519 g/mol. The Morgan fingerprint density at radius 3 is 2.43 bits per heavy atom. The highest BCUT2D eigenvalue weighted by molar-refractivity contribution is 5.72. The highest BCUT2D eigenvalue weighted by Crippen LogP contribution is 2.67. The molecule has 2 fully saturated rings. The first-order valence-electron chi connectivity index (χ1n) is 13.2. The van der Waals surface area contributed by atoms with Gasteiger partial charge in [-0.3, -0.25) is 19.1 Å². The number of aliphatic hydroxyl groups is 1. The zero-order valence-corrected chi connectivity index (χ0v) is 23.0. The maximum Gasteiger partial charge on any atom is 0.309 e. The van der Waals surface area contributed by atoms with E-state index in [1.807, 2.05) is 13.8 Å². The normalized spacial score (nSPS) is 37.3. The van der Waals surface area contributed by atoms with Crippen LogP contribution in [0.2, 0.25) is 0 Å². The van der Waals surface area contributed by atoms with Gasteiger partial charge in [0, 0.05) is 19.4 Å². The molecule has 1 saturated heterocycles. The third-order valence-corrected chi connectivity index (χ3v) is 8.95. The van der Waals surface area contributed by atoms with Crippen LogP contribution in [0.25, 0.3) is 0 Å². The summed E-state index contributed by atoms with van der Waals surface area (Å²) in [7, 11) is 0. The van der Waals surface area contributed by atoms with Crippen molar-refractivity contribution in [2.45, 2.75) is 98.4 Å². The Kier molecular flexibility index (Phi) is 8.75. The van der Waals surface area contributed by atoms with Gasteiger partial charge in [0.05, 0.1) is 17.4 Å². The van der Waals surface area contributed by atoms with Crippen molar-refractivity contribution in [1.29, 1.82) is 0 Å². The Balaban J connectivity index is 2.19. The van der Waals surface area contributed by atoms with Gasteiger partial charge in [0.25, 0.3) is 0 Å². The van der Waals surface area contributed by atoms with Crippen molar-refractivity contribution in [3.8, 4) is 0 Å². The lowest BCUT2D eigenvalue weighted by atomic mass is 9.45. The van der Waals surface area contributed by atoms with Crippen LogP contribution in [0.5, 0.6) is 0 Å². The van der Waals surface area contributed by atoms with Gasteiger partial charge in [-0.1, -0.05) is 52.5 Å². The second-order valence-corrected chi connectivity index (χ2v) is 11.2. The van der Waals surface area contributed by atoms with E-state index in [1.54, 1.807) is 12.2 Å². The quantitative estimate of drug-likeness (QED) is 0.204. The predicted molar refractivity (Wildman–Crippen MR) is 137 cm³/mol. The molecule has 0 radical (unpaired) electrons. The van der Waals surface area contributed by atoms with Crippen LogP contribution >= 0.6 is 0 Å². The van der Waals surface area contributed by atoms with Crippen molar-refractivity contribution in [3.63, 3.8) is 0 Å². The Morgan fingerprint density at radius 2 is 1.86 bits per heavy atom. The third-order valence-electron chi connectivity index (χ3n) is 8.95. The minimum atomic E-state index is -1.18. The summed E-state index contributed by atoms with van der Waals surface area (Å²) in [5.41, 5.74) is -0.169. The Hall–Kier alpha value is -2.45. The lowest BCUT2D eigenvalue weighted by molar-refractivity contribution is -0.254. The first-order valence-corrected chi connectivity index (χ1v) is 13.2. The van der Waals surface area contributed by atoms with Gasteiger partial charge in [-0.2, -0.15) is 0 Å². The van der Waals surface area contributed by atoms with Crippen LogP contribution in [-0.4, -0.2) is 47.8 Å². The summed E-state index contributed by atoms with van der Waals surface area (Å²) in [6.45, 7) is 18.5. The zero-order valence-electron chi connectivity index (χ0n) is 23.0. The van der Waals surface area contributed by atoms with Crippen LogP contribution in [0.3, 0.4) is 0 Å². The van der Waals surface area contributed by atoms with Crippen molar-refractivity contribution in [2.24, 2.45) is 28.6 Å². The fourth-order valence-electron chi connectivity index (χ4n) is 6.45. The largest absolute Gasteiger partial charge is 0.458 e. The second-order valence-electron chi connectivity index (χ2n) is 11.2. The molecule has 1 heterocycles. The van der Waals surface area contributed by atoms with E-state index in [4.69, 9.17) is 18.9 Å². The maximum absolute atomic E-state index is 12.8. The molecule has 1 unspecified atom stereocenters. The highest BCUT2D eigenvalue weighted by atomic mass is 16.8. The average Bonchev–Trinajstić information content (AvgIpc) is 3.12. The van der Waals surface area contributed by atoms with E-state index in [0.29, 0.717) is 31.3 Å². The van der Waals surface area contributed by atoms with Gasteiger partial charge in [-0.05, 0) is 55.4 Å². The molecule has 0 aromatic rings. The van der Waals surface area contributed by atoms with Crippen LogP contribution in [-0.2, 0) is 33.3 Å². The number of carbonyl (C=O) groups excluding carboxylic acids is 3. The molecule has 1 aliphatic heterocycles. The molecule has 37 heavy (non-hydrogen) atoms. The molecule has 0 aromatic carbocycles. The fourth-order valence-corrected chi connectivity index (χ4v) is 6.45. The van der Waals surface area contributed by atoms with Crippen LogP contribution in [0.4, 0.5) is 0 Å². The molecule has 3 aliphatic rings. The number of hydrogen-bond donors (Lipinski definition) is 1. The van der Waals surface area contributed by atoms with Crippen molar-refractivity contribution in [2.75, 3.05) is 0 Å². The Morgan fingerprint density at radius 1 is 1.22 bits per heavy atom. The van der Waals surface area contributed by atoms with Crippen molar-refractivity contribution in [3.05, 3.63) is 36.5 Å². The Bertz CT molecular complexity index is 969. The molecule has 206 valence electrons. The first-order chi connectivity index (χ1) is 17.3. The van der Waals surface area contributed by atoms with Gasteiger partial charge in [-0.15, -0.1) is 0 Å². The summed E-state index contributed by atoms with van der Waals surface area (Å²) < 4.78 is 23.2. The highest BCUT2D eigenvalue weighted by Gasteiger charge is 2.71. The summed E-state index contributed by atoms with van der Waals surface area (Å²) in [4.78, 5) is 37.0. The number of hydrogen-bond acceptors (Lipinski definition) is 8. The summed E-state index contributed by atoms with van der Waals surface area (Å²) in [6.07, 6.45) is 2.45. The molecule has 1 N–H and O–H groups in total. The standard InChI is InChI=1S/C29H42O8/c1-9-16(3)11-12-28(8)18(5)13-24(32)29-22(26(34-19(6)30)37-27(29)35-20(7)31)14-21(15-23(28)29)36-25(33)17(4)10-2/h9,14,17-18,21,23-24,26-27,32H,1,3,10-13,15H2,2,4-8H3/t17?,18-,21+,23+,24+,26+,27-,28-,29+/m0/s1. The summed E-state index contributed by atoms with van der Waals surface area (Å²) in [5.74, 6) is -1.99. The summed E-state index contributed by atoms with van der Waals surface area (Å²) >= 11 is 0. The van der Waals surface area contributed by atoms with E-state index in [1.165, 1.54) is 13.8 Å². The molecular formula is C29H42O8. The van der Waals surface area contributed by atoms with E-state index in [0.717, 1.165) is 12.0 Å². The van der Waals surface area contributed by atoms with Gasteiger partial charge in [0.2, 0.25) is 12.6 Å². The minimum absolute atomic E-state index is 0.0757. The van der Waals surface area contributed by atoms with E-state index >= 15 is 0 Å². The number of rotatable bonds is 9.